The Morgan fingerprint density at radius 3 is 2.06 bits per heavy atom. The highest BCUT2D eigenvalue weighted by Gasteiger charge is 2.23. The van der Waals surface area contributed by atoms with Crippen LogP contribution in [0.5, 0.6) is 11.5 Å². The molecule has 2 aromatic rings. The van der Waals surface area contributed by atoms with Crippen molar-refractivity contribution in [1.82, 2.24) is 10.6 Å². The van der Waals surface area contributed by atoms with Crippen molar-refractivity contribution in [3.05, 3.63) is 57.6 Å². The Morgan fingerprint density at radius 1 is 0.939 bits per heavy atom. The van der Waals surface area contributed by atoms with E-state index >= 15 is 0 Å². The van der Waals surface area contributed by atoms with Crippen LogP contribution in [0.15, 0.2) is 36.4 Å². The number of rotatable bonds is 12. The minimum atomic E-state index is -1.16. The molecule has 178 valence electrons. The molecule has 33 heavy (non-hydrogen) atoms. The molecule has 3 N–H and O–H groups in total. The number of methoxy groups -OCH3 is 2. The highest BCUT2D eigenvalue weighted by molar-refractivity contribution is 7.99. The minimum absolute atomic E-state index is 0.0363. The van der Waals surface area contributed by atoms with Gasteiger partial charge in [0.25, 0.3) is 11.8 Å². The summed E-state index contributed by atoms with van der Waals surface area (Å²) in [5.41, 5.74) is 0.341. The first-order chi connectivity index (χ1) is 15.8. The van der Waals surface area contributed by atoms with E-state index in [1.54, 1.807) is 24.3 Å². The lowest BCUT2D eigenvalue weighted by atomic mass is 10.1. The SMILES string of the molecule is COc1cccc(OC)c1C(=O)NCCSCC[C@H](NC(=O)c1c(Cl)cccc1Cl)C(=O)O. The predicted molar refractivity (Wildman–Crippen MR) is 129 cm³/mol. The van der Waals surface area contributed by atoms with Crippen LogP contribution in [-0.4, -0.2) is 61.2 Å². The van der Waals surface area contributed by atoms with Crippen LogP contribution in [0.1, 0.15) is 27.1 Å². The molecule has 1 atom stereocenters. The van der Waals surface area contributed by atoms with Crippen LogP contribution in [0.2, 0.25) is 10.0 Å². The van der Waals surface area contributed by atoms with Crippen molar-refractivity contribution in [3.63, 3.8) is 0 Å². The van der Waals surface area contributed by atoms with E-state index in [9.17, 15) is 19.5 Å². The molecule has 2 aromatic carbocycles. The third-order valence-corrected chi connectivity index (χ3v) is 6.18. The Kier molecular flexibility index (Phi) is 10.6. The molecule has 11 heteroatoms. The number of hydrogen-bond acceptors (Lipinski definition) is 6. The molecule has 0 radical (unpaired) electrons. The molecular formula is C22H24Cl2N2O6S. The van der Waals surface area contributed by atoms with E-state index in [1.165, 1.54) is 38.1 Å². The summed E-state index contributed by atoms with van der Waals surface area (Å²) >= 11 is 13.5. The van der Waals surface area contributed by atoms with Gasteiger partial charge in [0.1, 0.15) is 23.1 Å². The Bertz CT molecular complexity index is 962. The van der Waals surface area contributed by atoms with E-state index < -0.39 is 17.9 Å². The number of aliphatic carboxylic acids is 1. The van der Waals surface area contributed by atoms with Crippen LogP contribution in [0.25, 0.3) is 0 Å². The highest BCUT2D eigenvalue weighted by atomic mass is 35.5. The second kappa shape index (κ2) is 13.2. The predicted octanol–water partition coefficient (Wildman–Crippen LogP) is 3.75. The zero-order chi connectivity index (χ0) is 24.4. The summed E-state index contributed by atoms with van der Waals surface area (Å²) in [6.45, 7) is 0.351. The van der Waals surface area contributed by atoms with Crippen molar-refractivity contribution >= 4 is 52.7 Å². The summed E-state index contributed by atoms with van der Waals surface area (Å²) in [7, 11) is 2.94. The van der Waals surface area contributed by atoms with Gasteiger partial charge in [0.05, 0.1) is 29.8 Å². The molecule has 2 amide bonds. The fraction of sp³-hybridized carbons (Fsp3) is 0.318. The van der Waals surface area contributed by atoms with Gasteiger partial charge in [0.2, 0.25) is 0 Å². The van der Waals surface area contributed by atoms with Gasteiger partial charge in [-0.15, -0.1) is 0 Å². The van der Waals surface area contributed by atoms with Crippen molar-refractivity contribution in [3.8, 4) is 11.5 Å². The fourth-order valence-electron chi connectivity index (χ4n) is 2.91. The first-order valence-corrected chi connectivity index (χ1v) is 11.8. The number of nitrogens with one attached hydrogen (secondary N) is 2. The lowest BCUT2D eigenvalue weighted by Crippen LogP contribution is -2.41. The lowest BCUT2D eigenvalue weighted by Gasteiger charge is -2.16. The van der Waals surface area contributed by atoms with Gasteiger partial charge in [0, 0.05) is 12.3 Å². The number of amides is 2. The summed E-state index contributed by atoms with van der Waals surface area (Å²) < 4.78 is 10.5. The van der Waals surface area contributed by atoms with Gasteiger partial charge in [-0.3, -0.25) is 9.59 Å². The van der Waals surface area contributed by atoms with E-state index in [1.807, 2.05) is 0 Å². The van der Waals surface area contributed by atoms with Crippen molar-refractivity contribution in [2.24, 2.45) is 0 Å². The van der Waals surface area contributed by atoms with E-state index in [4.69, 9.17) is 32.7 Å². The molecule has 0 aliphatic heterocycles. The van der Waals surface area contributed by atoms with E-state index in [-0.39, 0.29) is 27.9 Å². The normalized spacial score (nSPS) is 11.4. The average molecular weight is 515 g/mol. The van der Waals surface area contributed by atoms with Crippen LogP contribution < -0.4 is 20.1 Å². The average Bonchev–Trinajstić information content (AvgIpc) is 2.79. The Morgan fingerprint density at radius 2 is 1.52 bits per heavy atom. The number of carboxylic acids is 1. The van der Waals surface area contributed by atoms with Crippen LogP contribution in [0.4, 0.5) is 0 Å². The first-order valence-electron chi connectivity index (χ1n) is 9.84. The Hall–Kier alpha value is -2.62. The molecule has 0 spiro atoms. The number of benzene rings is 2. The van der Waals surface area contributed by atoms with E-state index in [0.717, 1.165) is 0 Å². The number of halogens is 2. The molecule has 0 bridgehead atoms. The third-order valence-electron chi connectivity index (χ3n) is 4.53. The van der Waals surface area contributed by atoms with Gasteiger partial charge in [-0.25, -0.2) is 4.79 Å². The molecule has 0 aliphatic rings. The monoisotopic (exact) mass is 514 g/mol. The number of carboxylic acid groups (broad SMARTS) is 1. The van der Waals surface area contributed by atoms with Crippen molar-refractivity contribution in [2.45, 2.75) is 12.5 Å². The van der Waals surface area contributed by atoms with Crippen molar-refractivity contribution < 1.29 is 29.0 Å². The quantitative estimate of drug-likeness (QED) is 0.369. The summed E-state index contributed by atoms with van der Waals surface area (Å²) in [6, 6.07) is 8.55. The van der Waals surface area contributed by atoms with Gasteiger partial charge in [-0.05, 0) is 36.4 Å². The summed E-state index contributed by atoms with van der Waals surface area (Å²) in [4.78, 5) is 36.5. The number of thioether (sulfide) groups is 1. The molecular weight excluding hydrogens is 491 g/mol. The maximum atomic E-state index is 12.5. The van der Waals surface area contributed by atoms with Crippen LogP contribution in [0.3, 0.4) is 0 Å². The molecule has 0 heterocycles. The number of hydrogen-bond donors (Lipinski definition) is 3. The van der Waals surface area contributed by atoms with Gasteiger partial charge in [-0.1, -0.05) is 35.3 Å². The van der Waals surface area contributed by atoms with Crippen LogP contribution in [0, 0.1) is 0 Å². The third kappa shape index (κ3) is 7.45. The second-order valence-electron chi connectivity index (χ2n) is 6.66. The topological polar surface area (TPSA) is 114 Å². The standard InChI is InChI=1S/C22H24Cl2N2O6S/c1-31-16-7-4-8-17(32-2)19(16)20(27)25-10-12-33-11-9-15(22(29)30)26-21(28)18-13(23)5-3-6-14(18)24/h3-8,15H,9-12H2,1-2H3,(H,25,27)(H,26,28)(H,29,30)/t15-/m0/s1. The molecule has 2 rings (SSSR count). The number of carbonyl (C=O) groups is 3. The van der Waals surface area contributed by atoms with Crippen LogP contribution in [-0.2, 0) is 4.79 Å². The van der Waals surface area contributed by atoms with Gasteiger partial charge < -0.3 is 25.2 Å². The number of ether oxygens (including phenoxy) is 2. The van der Waals surface area contributed by atoms with E-state index in [0.29, 0.717) is 35.1 Å². The zero-order valence-electron chi connectivity index (χ0n) is 18.0. The number of carbonyl (C=O) groups excluding carboxylic acids is 2. The summed E-state index contributed by atoms with van der Waals surface area (Å²) in [5.74, 6) is -0.362. The van der Waals surface area contributed by atoms with E-state index in [2.05, 4.69) is 10.6 Å². The van der Waals surface area contributed by atoms with Gasteiger partial charge in [0.15, 0.2) is 0 Å². The molecule has 0 fully saturated rings. The lowest BCUT2D eigenvalue weighted by molar-refractivity contribution is -0.139. The smallest absolute Gasteiger partial charge is 0.326 e. The Balaban J connectivity index is 1.82. The fourth-order valence-corrected chi connectivity index (χ4v) is 4.33. The first kappa shape index (κ1) is 26.6. The maximum Gasteiger partial charge on any atom is 0.326 e. The zero-order valence-corrected chi connectivity index (χ0v) is 20.4. The molecule has 0 saturated heterocycles. The van der Waals surface area contributed by atoms with Crippen LogP contribution >= 0.6 is 35.0 Å². The molecule has 0 aliphatic carbocycles. The molecule has 0 aromatic heterocycles. The molecule has 0 saturated carbocycles. The van der Waals surface area contributed by atoms with Crippen molar-refractivity contribution in [2.75, 3.05) is 32.3 Å². The maximum absolute atomic E-state index is 12.5. The largest absolute Gasteiger partial charge is 0.496 e. The molecule has 8 nitrogen and oxygen atoms in total. The Labute approximate surface area is 205 Å². The second-order valence-corrected chi connectivity index (χ2v) is 8.69. The minimum Gasteiger partial charge on any atom is -0.496 e. The molecule has 0 unspecified atom stereocenters. The highest BCUT2D eigenvalue weighted by Crippen LogP contribution is 2.28. The van der Waals surface area contributed by atoms with Gasteiger partial charge >= 0.3 is 5.97 Å². The summed E-state index contributed by atoms with van der Waals surface area (Å²) in [5, 5.41) is 15.0. The van der Waals surface area contributed by atoms with Crippen molar-refractivity contribution in [1.29, 1.82) is 0 Å². The van der Waals surface area contributed by atoms with Gasteiger partial charge in [-0.2, -0.15) is 11.8 Å². The summed E-state index contributed by atoms with van der Waals surface area (Å²) in [6.07, 6.45) is 0.183.